The van der Waals surface area contributed by atoms with Crippen molar-refractivity contribution in [3.63, 3.8) is 0 Å². The molecule has 0 aliphatic heterocycles. The van der Waals surface area contributed by atoms with Crippen LogP contribution in [0.4, 0.5) is 0 Å². The van der Waals surface area contributed by atoms with Crippen LogP contribution < -0.4 is 0 Å². The lowest BCUT2D eigenvalue weighted by molar-refractivity contribution is 0.0827. The highest BCUT2D eigenvalue weighted by atomic mass is 16.3. The summed E-state index contributed by atoms with van der Waals surface area (Å²) in [4.78, 5) is 5.15. The molecule has 0 saturated heterocycles. The Hall–Kier alpha value is -3.25. The van der Waals surface area contributed by atoms with Gasteiger partial charge in [0.15, 0.2) is 0 Å². The van der Waals surface area contributed by atoms with E-state index < -0.39 is 12.2 Å². The van der Waals surface area contributed by atoms with E-state index in [2.05, 4.69) is 86.1 Å². The predicted molar refractivity (Wildman–Crippen MR) is 147 cm³/mol. The van der Waals surface area contributed by atoms with Crippen LogP contribution in [-0.2, 0) is 6.54 Å². The topological polar surface area (TPSA) is 78.5 Å². The van der Waals surface area contributed by atoms with Crippen molar-refractivity contribution in [2.45, 2.75) is 58.3 Å². The summed E-state index contributed by atoms with van der Waals surface area (Å²) in [5.74, 6) is 0.162. The third-order valence-corrected chi connectivity index (χ3v) is 6.52. The van der Waals surface area contributed by atoms with E-state index in [0.29, 0.717) is 0 Å². The number of hydrogen-bond acceptors (Lipinski definition) is 4. The fourth-order valence-electron chi connectivity index (χ4n) is 4.61. The molecule has 2 heterocycles. The van der Waals surface area contributed by atoms with E-state index in [-0.39, 0.29) is 25.4 Å². The van der Waals surface area contributed by atoms with Gasteiger partial charge in [0.2, 0.25) is 0 Å². The molecule has 188 valence electrons. The normalized spacial score (nSPS) is 13.6. The molecule has 2 atom stereocenters. The van der Waals surface area contributed by atoms with Gasteiger partial charge in [-0.25, -0.2) is 4.98 Å². The van der Waals surface area contributed by atoms with Gasteiger partial charge in [0, 0.05) is 42.3 Å². The van der Waals surface area contributed by atoms with Gasteiger partial charge >= 0.3 is 0 Å². The van der Waals surface area contributed by atoms with Crippen molar-refractivity contribution in [2.75, 3.05) is 6.61 Å². The summed E-state index contributed by atoms with van der Waals surface area (Å²) in [6.07, 6.45) is 4.63. The first kappa shape index (κ1) is 25.8. The van der Waals surface area contributed by atoms with Gasteiger partial charge in [-0.1, -0.05) is 86.2 Å². The Morgan fingerprint density at radius 1 is 0.972 bits per heavy atom. The van der Waals surface area contributed by atoms with Gasteiger partial charge in [-0.3, -0.25) is 0 Å². The van der Waals surface area contributed by atoms with E-state index in [1.165, 1.54) is 11.1 Å². The summed E-state index contributed by atoms with van der Waals surface area (Å²) >= 11 is 0. The smallest absolute Gasteiger partial charge is 0.141 e. The molecule has 2 aromatic heterocycles. The third kappa shape index (κ3) is 5.93. The van der Waals surface area contributed by atoms with Gasteiger partial charge in [-0.15, -0.1) is 0 Å². The molecular formula is C31H36N2O3. The van der Waals surface area contributed by atoms with E-state index in [9.17, 15) is 10.2 Å². The first-order valence-electron chi connectivity index (χ1n) is 12.7. The molecular weight excluding hydrogens is 448 g/mol. The number of aromatic nitrogens is 2. The average Bonchev–Trinajstić information content (AvgIpc) is 3.25. The Morgan fingerprint density at radius 3 is 2.36 bits per heavy atom. The van der Waals surface area contributed by atoms with E-state index in [1.54, 1.807) is 6.08 Å². The molecule has 3 N–H and O–H groups in total. The summed E-state index contributed by atoms with van der Waals surface area (Å²) in [5, 5.41) is 30.7. The Balaban J connectivity index is 1.86. The number of aryl methyl sites for hydroxylation is 1. The maximum absolute atomic E-state index is 10.6. The van der Waals surface area contributed by atoms with Gasteiger partial charge in [0.25, 0.3) is 0 Å². The van der Waals surface area contributed by atoms with Crippen LogP contribution in [0.15, 0.2) is 72.9 Å². The molecule has 0 radical (unpaired) electrons. The van der Waals surface area contributed by atoms with Crippen molar-refractivity contribution in [3.8, 4) is 11.1 Å². The van der Waals surface area contributed by atoms with Gasteiger partial charge in [0.1, 0.15) is 5.65 Å². The van der Waals surface area contributed by atoms with Crippen molar-refractivity contribution in [1.29, 1.82) is 0 Å². The van der Waals surface area contributed by atoms with E-state index in [0.717, 1.165) is 40.0 Å². The number of aliphatic hydroxyl groups excluding tert-OH is 3. The average molecular weight is 485 g/mol. The second-order valence-electron chi connectivity index (χ2n) is 9.80. The molecule has 0 bridgehead atoms. The number of fused-ring (bicyclic) bond motifs is 1. The molecule has 4 rings (SSSR count). The first-order chi connectivity index (χ1) is 17.4. The van der Waals surface area contributed by atoms with Crippen LogP contribution in [0.25, 0.3) is 28.2 Å². The van der Waals surface area contributed by atoms with Crippen LogP contribution in [0, 0.1) is 6.92 Å². The zero-order valence-electron chi connectivity index (χ0n) is 21.3. The van der Waals surface area contributed by atoms with Gasteiger partial charge in [-0.05, 0) is 36.5 Å². The van der Waals surface area contributed by atoms with Crippen LogP contribution in [-0.4, -0.2) is 43.7 Å². The van der Waals surface area contributed by atoms with Gasteiger partial charge in [0.05, 0.1) is 17.9 Å². The van der Waals surface area contributed by atoms with Crippen LogP contribution in [0.1, 0.15) is 55.0 Å². The summed E-state index contributed by atoms with van der Waals surface area (Å²) < 4.78 is 2.20. The lowest BCUT2D eigenvalue weighted by Gasteiger charge is -2.18. The Bertz CT molecular complexity index is 1310. The fraction of sp³-hybridized carbons (Fsp3) is 0.323. The highest BCUT2D eigenvalue weighted by molar-refractivity contribution is 5.98. The first-order valence-corrected chi connectivity index (χ1v) is 12.7. The van der Waals surface area contributed by atoms with Crippen molar-refractivity contribution in [3.05, 3.63) is 95.3 Å². The molecule has 0 unspecified atom stereocenters. The highest BCUT2D eigenvalue weighted by Crippen LogP contribution is 2.37. The Labute approximate surface area is 213 Å². The molecule has 0 fully saturated rings. The summed E-state index contributed by atoms with van der Waals surface area (Å²) in [6, 6.07) is 21.0. The SMILES string of the molecule is Cc1ccc(-c2c(/C=C/[C@@H](O)C[C@@H](O)CCO)c(C(C)C)nc3c2ccn3Cc2ccccc2)cc1. The quantitative estimate of drug-likeness (QED) is 0.270. The molecule has 0 amide bonds. The molecule has 0 saturated carbocycles. The number of benzene rings is 2. The van der Waals surface area contributed by atoms with E-state index in [1.807, 2.05) is 12.1 Å². The zero-order valence-corrected chi connectivity index (χ0v) is 21.3. The molecule has 0 aliphatic rings. The van der Waals surface area contributed by atoms with E-state index in [4.69, 9.17) is 10.1 Å². The zero-order chi connectivity index (χ0) is 25.7. The molecule has 0 spiro atoms. The summed E-state index contributed by atoms with van der Waals surface area (Å²) in [5.41, 5.74) is 7.49. The van der Waals surface area contributed by atoms with Gasteiger partial charge < -0.3 is 19.9 Å². The third-order valence-electron chi connectivity index (χ3n) is 6.52. The standard InChI is InChI=1S/C31H36N2O3/c1-21(2)30-27(14-13-25(35)19-26(36)16-18-34)29(24-11-9-22(3)10-12-24)28-15-17-33(31(28)32-30)20-23-7-5-4-6-8-23/h4-15,17,21,25-26,34-36H,16,18-20H2,1-3H3/b14-13+/t25-,26+/m1/s1. The monoisotopic (exact) mass is 484 g/mol. The molecule has 36 heavy (non-hydrogen) atoms. The maximum atomic E-state index is 10.6. The van der Waals surface area contributed by atoms with Crippen molar-refractivity contribution >= 4 is 17.1 Å². The van der Waals surface area contributed by atoms with Crippen LogP contribution in [0.5, 0.6) is 0 Å². The fourth-order valence-corrected chi connectivity index (χ4v) is 4.61. The summed E-state index contributed by atoms with van der Waals surface area (Å²) in [6.45, 7) is 6.98. The molecule has 2 aromatic carbocycles. The van der Waals surface area contributed by atoms with Crippen molar-refractivity contribution in [2.24, 2.45) is 0 Å². The van der Waals surface area contributed by atoms with Crippen molar-refractivity contribution < 1.29 is 15.3 Å². The number of hydrogen-bond donors (Lipinski definition) is 3. The van der Waals surface area contributed by atoms with E-state index >= 15 is 0 Å². The van der Waals surface area contributed by atoms with Crippen LogP contribution in [0.2, 0.25) is 0 Å². The minimum atomic E-state index is -0.823. The number of rotatable bonds is 10. The van der Waals surface area contributed by atoms with Gasteiger partial charge in [-0.2, -0.15) is 0 Å². The maximum Gasteiger partial charge on any atom is 0.141 e. The number of aliphatic hydroxyl groups is 3. The van der Waals surface area contributed by atoms with Crippen LogP contribution in [0.3, 0.4) is 0 Å². The Morgan fingerprint density at radius 2 is 1.69 bits per heavy atom. The largest absolute Gasteiger partial charge is 0.396 e. The molecule has 5 nitrogen and oxygen atoms in total. The molecule has 4 aromatic rings. The predicted octanol–water partition coefficient (Wildman–Crippen LogP) is 5.69. The Kier molecular flexibility index (Phi) is 8.36. The van der Waals surface area contributed by atoms with Crippen molar-refractivity contribution in [1.82, 2.24) is 9.55 Å². The minimum Gasteiger partial charge on any atom is -0.396 e. The lowest BCUT2D eigenvalue weighted by atomic mass is 9.91. The molecule has 0 aliphatic carbocycles. The summed E-state index contributed by atoms with van der Waals surface area (Å²) in [7, 11) is 0. The van der Waals surface area contributed by atoms with Crippen LogP contribution >= 0.6 is 0 Å². The number of nitrogens with zero attached hydrogens (tertiary/aromatic N) is 2. The second kappa shape index (κ2) is 11.7. The molecule has 5 heteroatoms. The lowest BCUT2D eigenvalue weighted by Crippen LogP contribution is -2.17. The second-order valence-corrected chi connectivity index (χ2v) is 9.80. The number of pyridine rings is 1. The minimum absolute atomic E-state index is 0.104. The highest BCUT2D eigenvalue weighted by Gasteiger charge is 2.20.